The van der Waals surface area contributed by atoms with Gasteiger partial charge in [-0.25, -0.2) is 0 Å². The van der Waals surface area contributed by atoms with Crippen LogP contribution in [0.4, 0.5) is 5.69 Å². The molecule has 8 nitrogen and oxygen atoms in total. The summed E-state index contributed by atoms with van der Waals surface area (Å²) in [6.07, 6.45) is 0. The standard InChI is InChI=1S/C27H28N2O6/c1-16(2)28-27(32)25-10-7-20(35-25)13-29-21-12-19(6-9-24(21)34-15-26(29)31)22(30)14-33-23-8-5-17(3)11-18(23)4/h5-12,16H,13-15H2,1-4H3,(H,28,32). The second kappa shape index (κ2) is 10.0. The zero-order valence-corrected chi connectivity index (χ0v) is 20.2. The van der Waals surface area contributed by atoms with Gasteiger partial charge in [0, 0.05) is 11.6 Å². The Morgan fingerprint density at radius 1 is 1.09 bits per heavy atom. The number of aryl methyl sites for hydroxylation is 2. The van der Waals surface area contributed by atoms with Gasteiger partial charge in [0.1, 0.15) is 17.3 Å². The van der Waals surface area contributed by atoms with Crippen molar-refractivity contribution in [2.24, 2.45) is 0 Å². The Kier molecular flexibility index (Phi) is 6.91. The third-order valence-electron chi connectivity index (χ3n) is 5.53. The van der Waals surface area contributed by atoms with Crippen molar-refractivity contribution in [3.8, 4) is 11.5 Å². The molecule has 3 aromatic rings. The van der Waals surface area contributed by atoms with E-state index in [0.717, 1.165) is 11.1 Å². The number of carbonyl (C=O) groups excluding carboxylic acids is 3. The highest BCUT2D eigenvalue weighted by Gasteiger charge is 2.28. The number of furan rings is 1. The third-order valence-corrected chi connectivity index (χ3v) is 5.53. The normalized spacial score (nSPS) is 12.8. The van der Waals surface area contributed by atoms with Crippen LogP contribution in [0.25, 0.3) is 0 Å². The van der Waals surface area contributed by atoms with Crippen LogP contribution in [0.15, 0.2) is 52.9 Å². The maximum absolute atomic E-state index is 12.9. The van der Waals surface area contributed by atoms with Gasteiger partial charge in [-0.15, -0.1) is 0 Å². The predicted molar refractivity (Wildman–Crippen MR) is 130 cm³/mol. The lowest BCUT2D eigenvalue weighted by molar-refractivity contribution is -0.121. The van der Waals surface area contributed by atoms with Crippen LogP contribution in [0.1, 0.15) is 51.6 Å². The fourth-order valence-electron chi connectivity index (χ4n) is 3.81. The van der Waals surface area contributed by atoms with E-state index >= 15 is 0 Å². The Morgan fingerprint density at radius 2 is 1.89 bits per heavy atom. The molecule has 1 aliphatic rings. The predicted octanol–water partition coefficient (Wildman–Crippen LogP) is 4.22. The van der Waals surface area contributed by atoms with Crippen LogP contribution in [0.5, 0.6) is 11.5 Å². The number of fused-ring (bicyclic) bond motifs is 1. The van der Waals surface area contributed by atoms with Crippen molar-refractivity contribution in [1.82, 2.24) is 5.32 Å². The lowest BCUT2D eigenvalue weighted by Crippen LogP contribution is -2.38. The lowest BCUT2D eigenvalue weighted by Gasteiger charge is -2.29. The van der Waals surface area contributed by atoms with Crippen LogP contribution >= 0.6 is 0 Å². The highest BCUT2D eigenvalue weighted by atomic mass is 16.5. The largest absolute Gasteiger partial charge is 0.485 e. The molecule has 0 saturated carbocycles. The molecular weight excluding hydrogens is 448 g/mol. The topological polar surface area (TPSA) is 98.1 Å². The molecule has 0 aliphatic carbocycles. The van der Waals surface area contributed by atoms with Gasteiger partial charge in [0.15, 0.2) is 24.8 Å². The van der Waals surface area contributed by atoms with Crippen molar-refractivity contribution < 1.29 is 28.3 Å². The molecule has 1 N–H and O–H groups in total. The molecule has 1 aromatic heterocycles. The third kappa shape index (κ3) is 5.54. The molecule has 2 aromatic carbocycles. The van der Waals surface area contributed by atoms with Crippen LogP contribution in [-0.2, 0) is 11.3 Å². The molecule has 2 amide bonds. The summed E-state index contributed by atoms with van der Waals surface area (Å²) < 4.78 is 17.0. The molecular formula is C27H28N2O6. The first-order chi connectivity index (χ1) is 16.7. The van der Waals surface area contributed by atoms with Crippen molar-refractivity contribution in [3.63, 3.8) is 0 Å². The lowest BCUT2D eigenvalue weighted by atomic mass is 10.1. The smallest absolute Gasteiger partial charge is 0.287 e. The van der Waals surface area contributed by atoms with Gasteiger partial charge in [-0.05, 0) is 69.7 Å². The number of amides is 2. The highest BCUT2D eigenvalue weighted by molar-refractivity contribution is 6.02. The first kappa shape index (κ1) is 24.1. The molecule has 0 unspecified atom stereocenters. The fourth-order valence-corrected chi connectivity index (χ4v) is 3.81. The summed E-state index contributed by atoms with van der Waals surface area (Å²) in [7, 11) is 0. The van der Waals surface area contributed by atoms with Crippen LogP contribution in [0.2, 0.25) is 0 Å². The zero-order chi connectivity index (χ0) is 25.1. The molecule has 1 aliphatic heterocycles. The highest BCUT2D eigenvalue weighted by Crippen LogP contribution is 2.34. The van der Waals surface area contributed by atoms with E-state index in [0.29, 0.717) is 28.5 Å². The van der Waals surface area contributed by atoms with Crippen LogP contribution in [0, 0.1) is 13.8 Å². The molecule has 8 heteroatoms. The molecule has 0 saturated heterocycles. The first-order valence-corrected chi connectivity index (χ1v) is 11.4. The molecule has 4 rings (SSSR count). The summed E-state index contributed by atoms with van der Waals surface area (Å²) in [5.41, 5.74) is 2.93. The van der Waals surface area contributed by atoms with Crippen molar-refractivity contribution in [2.75, 3.05) is 18.1 Å². The Labute approximate surface area is 203 Å². The number of rotatable bonds is 8. The summed E-state index contributed by atoms with van der Waals surface area (Å²) in [4.78, 5) is 39.2. The maximum Gasteiger partial charge on any atom is 0.287 e. The minimum atomic E-state index is -0.323. The average molecular weight is 477 g/mol. The van der Waals surface area contributed by atoms with Gasteiger partial charge in [0.2, 0.25) is 0 Å². The summed E-state index contributed by atoms with van der Waals surface area (Å²) >= 11 is 0. The van der Waals surface area contributed by atoms with E-state index in [4.69, 9.17) is 13.9 Å². The number of nitrogens with one attached hydrogen (secondary N) is 1. The number of nitrogens with zero attached hydrogens (tertiary/aromatic N) is 1. The minimum Gasteiger partial charge on any atom is -0.485 e. The first-order valence-electron chi connectivity index (χ1n) is 11.4. The number of carbonyl (C=O) groups is 3. The van der Waals surface area contributed by atoms with Crippen LogP contribution < -0.4 is 19.7 Å². The van der Waals surface area contributed by atoms with Gasteiger partial charge in [-0.3, -0.25) is 19.3 Å². The molecule has 0 radical (unpaired) electrons. The van der Waals surface area contributed by atoms with Gasteiger partial charge in [-0.1, -0.05) is 17.7 Å². The number of Topliss-reactive ketones (excluding diaryl/α,β-unsaturated/α-hetero) is 1. The number of anilines is 1. The second-order valence-corrected chi connectivity index (χ2v) is 8.83. The van der Waals surface area contributed by atoms with Gasteiger partial charge in [0.25, 0.3) is 11.8 Å². The number of ether oxygens (including phenoxy) is 2. The molecule has 182 valence electrons. The zero-order valence-electron chi connectivity index (χ0n) is 20.2. The van der Waals surface area contributed by atoms with Crippen molar-refractivity contribution in [3.05, 3.63) is 76.7 Å². The number of ketones is 1. The second-order valence-electron chi connectivity index (χ2n) is 8.83. The molecule has 0 atom stereocenters. The van der Waals surface area contributed by atoms with E-state index < -0.39 is 0 Å². The van der Waals surface area contributed by atoms with Crippen molar-refractivity contribution in [2.45, 2.75) is 40.3 Å². The van der Waals surface area contributed by atoms with Gasteiger partial charge in [0.05, 0.1) is 12.2 Å². The Bertz CT molecular complexity index is 1280. The van der Waals surface area contributed by atoms with Gasteiger partial charge in [-0.2, -0.15) is 0 Å². The van der Waals surface area contributed by atoms with Crippen LogP contribution in [-0.4, -0.2) is 36.9 Å². The fraction of sp³-hybridized carbons (Fsp3) is 0.296. The Balaban J connectivity index is 1.51. The molecule has 2 heterocycles. The molecule has 0 spiro atoms. The molecule has 35 heavy (non-hydrogen) atoms. The van der Waals surface area contributed by atoms with E-state index in [1.54, 1.807) is 30.3 Å². The average Bonchev–Trinajstić information content (AvgIpc) is 3.28. The van der Waals surface area contributed by atoms with Crippen molar-refractivity contribution >= 4 is 23.3 Å². The summed E-state index contributed by atoms with van der Waals surface area (Å²) in [6, 6.07) is 13.9. The van der Waals surface area contributed by atoms with Crippen molar-refractivity contribution in [1.29, 1.82) is 0 Å². The number of hydrogen-bond donors (Lipinski definition) is 1. The molecule has 0 bridgehead atoms. The van der Waals surface area contributed by atoms with Gasteiger partial charge < -0.3 is 19.2 Å². The number of hydrogen-bond acceptors (Lipinski definition) is 6. The van der Waals surface area contributed by atoms with E-state index in [9.17, 15) is 14.4 Å². The maximum atomic E-state index is 12.9. The summed E-state index contributed by atoms with van der Waals surface area (Å²) in [6.45, 7) is 7.48. The summed E-state index contributed by atoms with van der Waals surface area (Å²) in [5, 5.41) is 2.77. The quantitative estimate of drug-likeness (QED) is 0.489. The van der Waals surface area contributed by atoms with E-state index in [2.05, 4.69) is 5.32 Å². The minimum absolute atomic E-state index is 0.0291. The van der Waals surface area contributed by atoms with E-state index in [1.807, 2.05) is 45.9 Å². The van der Waals surface area contributed by atoms with Crippen LogP contribution in [0.3, 0.4) is 0 Å². The number of benzene rings is 2. The summed E-state index contributed by atoms with van der Waals surface area (Å²) in [5.74, 6) is 0.918. The van der Waals surface area contributed by atoms with Gasteiger partial charge >= 0.3 is 0 Å². The van der Waals surface area contributed by atoms with E-state index in [-0.39, 0.29) is 49.2 Å². The SMILES string of the molecule is Cc1ccc(OCC(=O)c2ccc3c(c2)N(Cc2ccc(C(=O)NC(C)C)o2)C(=O)CO3)c(C)c1. The van der Waals surface area contributed by atoms with E-state index in [1.165, 1.54) is 4.90 Å². The Hall–Kier alpha value is -4.07. The molecule has 0 fully saturated rings. The Morgan fingerprint density at radius 3 is 2.63 bits per heavy atom. The monoisotopic (exact) mass is 476 g/mol.